The van der Waals surface area contributed by atoms with Crippen molar-refractivity contribution in [2.45, 2.75) is 25.8 Å². The Morgan fingerprint density at radius 1 is 1.57 bits per heavy atom. The van der Waals surface area contributed by atoms with Crippen LogP contribution in [0.3, 0.4) is 0 Å². The molecular weight excluding hydrogens is 276 g/mol. The summed E-state index contributed by atoms with van der Waals surface area (Å²) in [5.74, 6) is -1.20. The maximum Gasteiger partial charge on any atom is 0.354 e. The molecule has 0 atom stereocenters. The second-order valence-corrected chi connectivity index (χ2v) is 4.91. The van der Waals surface area contributed by atoms with E-state index in [0.717, 1.165) is 25.2 Å². The number of nitro groups is 1. The van der Waals surface area contributed by atoms with Gasteiger partial charge in [0.15, 0.2) is 5.69 Å². The molecule has 1 saturated carbocycles. The number of aromatic nitrogens is 1. The van der Waals surface area contributed by atoms with Crippen molar-refractivity contribution in [3.8, 4) is 0 Å². The van der Waals surface area contributed by atoms with Gasteiger partial charge in [0.1, 0.15) is 0 Å². The lowest BCUT2D eigenvalue weighted by atomic mass is 10.3. The molecule has 8 heteroatoms. The third-order valence-electron chi connectivity index (χ3n) is 3.45. The van der Waals surface area contributed by atoms with Crippen LogP contribution in [0.4, 0.5) is 11.5 Å². The van der Waals surface area contributed by atoms with Crippen LogP contribution in [-0.2, 0) is 0 Å². The minimum absolute atomic E-state index is 0.00625. The summed E-state index contributed by atoms with van der Waals surface area (Å²) in [6, 6.07) is 2.91. The van der Waals surface area contributed by atoms with E-state index in [1.807, 2.05) is 0 Å². The van der Waals surface area contributed by atoms with Gasteiger partial charge in [0.2, 0.25) is 5.82 Å². The van der Waals surface area contributed by atoms with Gasteiger partial charge >= 0.3 is 11.7 Å². The van der Waals surface area contributed by atoms with Gasteiger partial charge in [-0.3, -0.25) is 15.0 Å². The molecule has 114 valence electrons. The van der Waals surface area contributed by atoms with Gasteiger partial charge in [0, 0.05) is 25.2 Å². The maximum atomic E-state index is 10.9. The first kappa shape index (κ1) is 15.2. The van der Waals surface area contributed by atoms with E-state index >= 15 is 0 Å². The van der Waals surface area contributed by atoms with Gasteiger partial charge < -0.3 is 10.4 Å². The molecular formula is C13H18N4O4. The fourth-order valence-corrected chi connectivity index (χ4v) is 2.20. The molecule has 0 saturated heterocycles. The van der Waals surface area contributed by atoms with E-state index in [9.17, 15) is 14.9 Å². The lowest BCUT2D eigenvalue weighted by molar-refractivity contribution is -0.384. The molecule has 8 nitrogen and oxygen atoms in total. The largest absolute Gasteiger partial charge is 0.477 e. The van der Waals surface area contributed by atoms with Crippen molar-refractivity contribution in [2.24, 2.45) is 0 Å². The molecule has 1 aliphatic rings. The Morgan fingerprint density at radius 2 is 2.29 bits per heavy atom. The van der Waals surface area contributed by atoms with Crippen molar-refractivity contribution in [1.82, 2.24) is 9.88 Å². The smallest absolute Gasteiger partial charge is 0.354 e. The lowest BCUT2D eigenvalue weighted by Crippen LogP contribution is -2.31. The minimum Gasteiger partial charge on any atom is -0.477 e. The highest BCUT2D eigenvalue weighted by atomic mass is 16.6. The van der Waals surface area contributed by atoms with Crippen LogP contribution in [-0.4, -0.2) is 51.6 Å². The number of rotatable bonds is 8. The number of aromatic carboxylic acids is 1. The van der Waals surface area contributed by atoms with Crippen LogP contribution < -0.4 is 5.32 Å². The monoisotopic (exact) mass is 294 g/mol. The van der Waals surface area contributed by atoms with Crippen molar-refractivity contribution < 1.29 is 14.8 Å². The van der Waals surface area contributed by atoms with Gasteiger partial charge in [-0.2, -0.15) is 0 Å². The summed E-state index contributed by atoms with van der Waals surface area (Å²) in [7, 11) is 0. The van der Waals surface area contributed by atoms with Crippen molar-refractivity contribution in [3.63, 3.8) is 0 Å². The van der Waals surface area contributed by atoms with E-state index in [1.54, 1.807) is 0 Å². The van der Waals surface area contributed by atoms with Gasteiger partial charge in [-0.1, -0.05) is 6.92 Å². The number of carboxylic acids is 1. The number of carboxylic acid groups (broad SMARTS) is 1. The number of anilines is 1. The minimum atomic E-state index is -1.21. The van der Waals surface area contributed by atoms with Gasteiger partial charge in [0.05, 0.1) is 4.92 Å². The number of pyridine rings is 1. The Morgan fingerprint density at radius 3 is 2.81 bits per heavy atom. The van der Waals surface area contributed by atoms with Gasteiger partial charge in [0.25, 0.3) is 0 Å². The van der Waals surface area contributed by atoms with Crippen LogP contribution in [0.25, 0.3) is 0 Å². The predicted molar refractivity (Wildman–Crippen MR) is 76.6 cm³/mol. The molecule has 0 aliphatic heterocycles. The fourth-order valence-electron chi connectivity index (χ4n) is 2.20. The molecule has 0 radical (unpaired) electrons. The number of nitrogens with one attached hydrogen (secondary N) is 1. The van der Waals surface area contributed by atoms with Gasteiger partial charge in [-0.25, -0.2) is 9.78 Å². The average Bonchev–Trinajstić information content (AvgIpc) is 3.27. The van der Waals surface area contributed by atoms with Crippen LogP contribution in [0.15, 0.2) is 12.1 Å². The third kappa shape index (κ3) is 3.88. The van der Waals surface area contributed by atoms with E-state index in [4.69, 9.17) is 5.11 Å². The summed E-state index contributed by atoms with van der Waals surface area (Å²) >= 11 is 0. The maximum absolute atomic E-state index is 10.9. The van der Waals surface area contributed by atoms with E-state index in [0.29, 0.717) is 12.6 Å². The highest BCUT2D eigenvalue weighted by Gasteiger charge is 2.27. The van der Waals surface area contributed by atoms with Crippen molar-refractivity contribution in [1.29, 1.82) is 0 Å². The summed E-state index contributed by atoms with van der Waals surface area (Å²) in [6.07, 6.45) is 2.39. The topological polar surface area (TPSA) is 109 Å². The first-order valence-corrected chi connectivity index (χ1v) is 6.89. The highest BCUT2D eigenvalue weighted by Crippen LogP contribution is 2.26. The normalized spacial score (nSPS) is 14.2. The number of carbonyl (C=O) groups is 1. The Balaban J connectivity index is 2.04. The van der Waals surface area contributed by atoms with Crippen molar-refractivity contribution >= 4 is 17.5 Å². The summed E-state index contributed by atoms with van der Waals surface area (Å²) in [5.41, 5.74) is -0.424. The second kappa shape index (κ2) is 6.49. The zero-order chi connectivity index (χ0) is 15.4. The first-order valence-electron chi connectivity index (χ1n) is 6.89. The number of hydrogen-bond acceptors (Lipinski definition) is 6. The third-order valence-corrected chi connectivity index (χ3v) is 3.45. The van der Waals surface area contributed by atoms with E-state index < -0.39 is 10.9 Å². The molecule has 0 spiro atoms. The highest BCUT2D eigenvalue weighted by molar-refractivity contribution is 5.86. The summed E-state index contributed by atoms with van der Waals surface area (Å²) in [4.78, 5) is 27.4. The molecule has 0 amide bonds. The average molecular weight is 294 g/mol. The molecule has 1 aromatic heterocycles. The standard InChI is InChI=1S/C13H18N4O4/c1-2-16(9-3-4-9)8-7-14-12-11(17(20)21)6-5-10(15-12)13(18)19/h5-6,9H,2-4,7-8H2,1H3,(H,14,15)(H,18,19). The first-order chi connectivity index (χ1) is 10.0. The Hall–Kier alpha value is -2.22. The Kier molecular flexibility index (Phi) is 4.69. The van der Waals surface area contributed by atoms with E-state index in [-0.39, 0.29) is 17.2 Å². The summed E-state index contributed by atoms with van der Waals surface area (Å²) in [5, 5.41) is 22.7. The van der Waals surface area contributed by atoms with E-state index in [1.165, 1.54) is 12.8 Å². The van der Waals surface area contributed by atoms with Crippen LogP contribution in [0, 0.1) is 10.1 Å². The molecule has 2 rings (SSSR count). The number of likely N-dealkylation sites (N-methyl/N-ethyl adjacent to an activating group) is 1. The molecule has 1 aromatic rings. The molecule has 0 bridgehead atoms. The number of hydrogen-bond donors (Lipinski definition) is 2. The van der Waals surface area contributed by atoms with Crippen molar-refractivity contribution in [2.75, 3.05) is 25.0 Å². The predicted octanol–water partition coefficient (Wildman–Crippen LogP) is 1.58. The SMILES string of the molecule is CCN(CCNc1nc(C(=O)O)ccc1[N+](=O)[O-])C1CC1. The molecule has 0 aromatic carbocycles. The zero-order valence-electron chi connectivity index (χ0n) is 11.8. The molecule has 1 heterocycles. The van der Waals surface area contributed by atoms with Crippen LogP contribution in [0.1, 0.15) is 30.3 Å². The van der Waals surface area contributed by atoms with Crippen LogP contribution in [0.2, 0.25) is 0 Å². The molecule has 21 heavy (non-hydrogen) atoms. The van der Waals surface area contributed by atoms with Crippen LogP contribution in [0.5, 0.6) is 0 Å². The summed E-state index contributed by atoms with van der Waals surface area (Å²) < 4.78 is 0. The lowest BCUT2D eigenvalue weighted by Gasteiger charge is -2.19. The Labute approximate surface area is 121 Å². The Bertz CT molecular complexity index is 545. The summed E-state index contributed by atoms with van der Waals surface area (Å²) in [6.45, 7) is 4.24. The van der Waals surface area contributed by atoms with Crippen molar-refractivity contribution in [3.05, 3.63) is 27.9 Å². The second-order valence-electron chi connectivity index (χ2n) is 4.91. The van der Waals surface area contributed by atoms with Gasteiger partial charge in [-0.15, -0.1) is 0 Å². The van der Waals surface area contributed by atoms with Gasteiger partial charge in [-0.05, 0) is 25.5 Å². The van der Waals surface area contributed by atoms with Crippen LogP contribution >= 0.6 is 0 Å². The molecule has 0 unspecified atom stereocenters. The molecule has 2 N–H and O–H groups in total. The number of nitrogens with zero attached hydrogens (tertiary/aromatic N) is 3. The zero-order valence-corrected chi connectivity index (χ0v) is 11.8. The fraction of sp³-hybridized carbons (Fsp3) is 0.538. The molecule has 1 fully saturated rings. The quantitative estimate of drug-likeness (QED) is 0.553. The van der Waals surface area contributed by atoms with E-state index in [2.05, 4.69) is 22.1 Å². The molecule has 1 aliphatic carbocycles.